The summed E-state index contributed by atoms with van der Waals surface area (Å²) in [6, 6.07) is 6.61. The molecule has 0 bridgehead atoms. The molecule has 0 unspecified atom stereocenters. The summed E-state index contributed by atoms with van der Waals surface area (Å²) in [5.74, 6) is 7.33. The Morgan fingerprint density at radius 2 is 2.13 bits per heavy atom. The van der Waals surface area contributed by atoms with Crippen LogP contribution in [-0.4, -0.2) is 5.75 Å². The summed E-state index contributed by atoms with van der Waals surface area (Å²) in [5, 5.41) is 0. The maximum Gasteiger partial charge on any atom is 0.0248 e. The summed E-state index contributed by atoms with van der Waals surface area (Å²) >= 11 is 1.97. The van der Waals surface area contributed by atoms with Crippen LogP contribution >= 0.6 is 11.8 Å². The van der Waals surface area contributed by atoms with Crippen molar-refractivity contribution >= 4 is 11.8 Å². The molecule has 0 amide bonds. The monoisotopic (exact) mass is 216 g/mol. The number of rotatable bonds is 0. The van der Waals surface area contributed by atoms with E-state index in [1.807, 2.05) is 18.7 Å². The van der Waals surface area contributed by atoms with Crippen molar-refractivity contribution in [3.8, 4) is 11.8 Å². The maximum atomic E-state index is 3.14. The molecule has 0 spiro atoms. The smallest absolute Gasteiger partial charge is 0.0248 e. The Bertz CT molecular complexity index is 432. The Labute approximate surface area is 96.5 Å². The van der Waals surface area contributed by atoms with Crippen LogP contribution in [0.2, 0.25) is 0 Å². The van der Waals surface area contributed by atoms with Gasteiger partial charge in [0, 0.05) is 10.5 Å². The highest BCUT2D eigenvalue weighted by Gasteiger charge is 2.27. The van der Waals surface area contributed by atoms with E-state index in [0.717, 1.165) is 5.56 Å². The Kier molecular flexibility index (Phi) is 2.80. The van der Waals surface area contributed by atoms with E-state index in [-0.39, 0.29) is 0 Å². The van der Waals surface area contributed by atoms with Gasteiger partial charge in [0.25, 0.3) is 0 Å². The van der Waals surface area contributed by atoms with Crippen LogP contribution in [0.1, 0.15) is 38.3 Å². The molecule has 0 nitrogen and oxygen atoms in total. The van der Waals surface area contributed by atoms with Gasteiger partial charge in [-0.15, -0.1) is 17.7 Å². The fourth-order valence-electron chi connectivity index (χ4n) is 1.96. The van der Waals surface area contributed by atoms with E-state index in [1.165, 1.54) is 22.6 Å². The third-order valence-corrected chi connectivity index (χ3v) is 4.04. The van der Waals surface area contributed by atoms with E-state index < -0.39 is 0 Å². The van der Waals surface area contributed by atoms with Gasteiger partial charge < -0.3 is 0 Å². The Morgan fingerprint density at radius 3 is 2.87 bits per heavy atom. The highest BCUT2D eigenvalue weighted by atomic mass is 32.2. The van der Waals surface area contributed by atoms with E-state index in [4.69, 9.17) is 0 Å². The Morgan fingerprint density at radius 1 is 1.33 bits per heavy atom. The number of fused-ring (bicyclic) bond motifs is 1. The van der Waals surface area contributed by atoms with Gasteiger partial charge in [0.05, 0.1) is 0 Å². The Hall–Kier alpha value is -0.870. The van der Waals surface area contributed by atoms with E-state index in [1.54, 1.807) is 0 Å². The van der Waals surface area contributed by atoms with Crippen LogP contribution in [0.25, 0.3) is 0 Å². The molecule has 0 saturated carbocycles. The highest BCUT2D eigenvalue weighted by Crippen LogP contribution is 2.41. The molecule has 0 radical (unpaired) electrons. The summed E-state index contributed by atoms with van der Waals surface area (Å²) in [5.41, 5.74) is 2.93. The maximum absolute atomic E-state index is 3.14. The lowest BCUT2D eigenvalue weighted by molar-refractivity contribution is 0.494. The molecule has 1 heterocycles. The molecular formula is C14H16S. The van der Waals surface area contributed by atoms with Crippen molar-refractivity contribution in [3.05, 3.63) is 29.3 Å². The average Bonchev–Trinajstić information content (AvgIpc) is 2.19. The van der Waals surface area contributed by atoms with Crippen LogP contribution in [0.15, 0.2) is 23.1 Å². The SMILES string of the molecule is CC#Cc1ccc2c(c1)C(C)(C)CCS2. The van der Waals surface area contributed by atoms with Gasteiger partial charge in [-0.05, 0) is 48.3 Å². The van der Waals surface area contributed by atoms with Gasteiger partial charge in [0.2, 0.25) is 0 Å². The van der Waals surface area contributed by atoms with Crippen molar-refractivity contribution in [2.45, 2.75) is 37.5 Å². The lowest BCUT2D eigenvalue weighted by Crippen LogP contribution is -2.22. The molecule has 0 fully saturated rings. The van der Waals surface area contributed by atoms with Gasteiger partial charge >= 0.3 is 0 Å². The average molecular weight is 216 g/mol. The minimum atomic E-state index is 0.312. The molecule has 15 heavy (non-hydrogen) atoms. The highest BCUT2D eigenvalue weighted by molar-refractivity contribution is 7.99. The predicted octanol–water partition coefficient (Wildman–Crippen LogP) is 3.83. The molecule has 2 rings (SSSR count). The number of benzene rings is 1. The molecule has 1 aromatic carbocycles. The summed E-state index contributed by atoms with van der Waals surface area (Å²) in [7, 11) is 0. The molecule has 1 aromatic rings. The third kappa shape index (κ3) is 2.06. The van der Waals surface area contributed by atoms with Crippen molar-refractivity contribution in [2.75, 3.05) is 5.75 Å². The largest absolute Gasteiger partial charge is 0.126 e. The first kappa shape index (κ1) is 10.6. The van der Waals surface area contributed by atoms with Crippen LogP contribution in [0.5, 0.6) is 0 Å². The summed E-state index contributed by atoms with van der Waals surface area (Å²) < 4.78 is 0. The van der Waals surface area contributed by atoms with Gasteiger partial charge in [0.1, 0.15) is 0 Å². The van der Waals surface area contributed by atoms with E-state index in [2.05, 4.69) is 43.9 Å². The summed E-state index contributed by atoms with van der Waals surface area (Å²) in [4.78, 5) is 1.44. The van der Waals surface area contributed by atoms with Crippen molar-refractivity contribution < 1.29 is 0 Å². The van der Waals surface area contributed by atoms with Crippen molar-refractivity contribution in [1.29, 1.82) is 0 Å². The molecule has 1 aliphatic heterocycles. The van der Waals surface area contributed by atoms with Gasteiger partial charge in [-0.2, -0.15) is 0 Å². The van der Waals surface area contributed by atoms with Crippen LogP contribution in [0.3, 0.4) is 0 Å². The summed E-state index contributed by atoms with van der Waals surface area (Å²) in [6.07, 6.45) is 1.26. The minimum absolute atomic E-state index is 0.312. The third-order valence-electron chi connectivity index (χ3n) is 2.96. The second kappa shape index (κ2) is 3.94. The van der Waals surface area contributed by atoms with Gasteiger partial charge in [-0.3, -0.25) is 0 Å². The fourth-order valence-corrected chi connectivity index (χ4v) is 3.44. The molecule has 0 saturated heterocycles. The zero-order valence-corrected chi connectivity index (χ0v) is 10.4. The first-order valence-corrected chi connectivity index (χ1v) is 6.32. The first-order valence-electron chi connectivity index (χ1n) is 5.33. The second-order valence-corrected chi connectivity index (χ2v) is 5.71. The van der Waals surface area contributed by atoms with Gasteiger partial charge in [0.15, 0.2) is 0 Å². The molecule has 0 aromatic heterocycles. The molecule has 0 aliphatic carbocycles. The van der Waals surface area contributed by atoms with Crippen molar-refractivity contribution in [2.24, 2.45) is 0 Å². The molecule has 1 aliphatic rings. The van der Waals surface area contributed by atoms with Crippen LogP contribution < -0.4 is 0 Å². The fraction of sp³-hybridized carbons (Fsp3) is 0.429. The normalized spacial score (nSPS) is 17.5. The zero-order chi connectivity index (χ0) is 10.9. The predicted molar refractivity (Wildman–Crippen MR) is 67.4 cm³/mol. The second-order valence-electron chi connectivity index (χ2n) is 4.57. The summed E-state index contributed by atoms with van der Waals surface area (Å²) in [6.45, 7) is 6.54. The van der Waals surface area contributed by atoms with Crippen molar-refractivity contribution in [3.63, 3.8) is 0 Å². The standard InChI is InChI=1S/C14H16S/c1-4-5-11-6-7-13-12(10-11)14(2,3)8-9-15-13/h6-7,10H,8-9H2,1-3H3. The quantitative estimate of drug-likeness (QED) is 0.594. The first-order chi connectivity index (χ1) is 7.13. The minimum Gasteiger partial charge on any atom is -0.126 e. The lowest BCUT2D eigenvalue weighted by atomic mass is 9.81. The number of thioether (sulfide) groups is 1. The molecule has 0 atom stereocenters. The van der Waals surface area contributed by atoms with E-state index >= 15 is 0 Å². The van der Waals surface area contributed by atoms with Gasteiger partial charge in [-0.1, -0.05) is 19.8 Å². The van der Waals surface area contributed by atoms with Crippen LogP contribution in [0, 0.1) is 11.8 Å². The number of hydrogen-bond donors (Lipinski definition) is 0. The zero-order valence-electron chi connectivity index (χ0n) is 9.55. The molecule has 78 valence electrons. The molecular weight excluding hydrogens is 200 g/mol. The molecule has 0 N–H and O–H groups in total. The van der Waals surface area contributed by atoms with E-state index in [0.29, 0.717) is 5.41 Å². The van der Waals surface area contributed by atoms with E-state index in [9.17, 15) is 0 Å². The van der Waals surface area contributed by atoms with Crippen LogP contribution in [0.4, 0.5) is 0 Å². The topological polar surface area (TPSA) is 0 Å². The van der Waals surface area contributed by atoms with Crippen LogP contribution in [-0.2, 0) is 5.41 Å². The number of hydrogen-bond acceptors (Lipinski definition) is 1. The van der Waals surface area contributed by atoms with Crippen molar-refractivity contribution in [1.82, 2.24) is 0 Å². The molecule has 1 heteroatoms. The Balaban J connectivity index is 2.51. The lowest BCUT2D eigenvalue weighted by Gasteiger charge is -2.32. The van der Waals surface area contributed by atoms with Gasteiger partial charge in [-0.25, -0.2) is 0 Å².